The second-order valence-corrected chi connectivity index (χ2v) is 9.05. The fourth-order valence-electron chi connectivity index (χ4n) is 2.62. The third-order valence-corrected chi connectivity index (χ3v) is 7.03. The summed E-state index contributed by atoms with van der Waals surface area (Å²) in [4.78, 5) is 12.5. The number of nitrogens with zero attached hydrogens (tertiary/aromatic N) is 1. The van der Waals surface area contributed by atoms with Gasteiger partial charge in [0, 0.05) is 11.6 Å². The molecule has 0 fully saturated rings. The second-order valence-electron chi connectivity index (χ2n) is 6.11. The molecule has 0 aliphatic rings. The smallest absolute Gasteiger partial charge is 0.267 e. The number of thiophene rings is 1. The second kappa shape index (κ2) is 9.14. The molecule has 0 unspecified atom stereocenters. The number of anilines is 2. The molecule has 0 spiro atoms. The molecule has 0 aliphatic carbocycles. The molecule has 0 saturated carbocycles. The number of amides is 1. The van der Waals surface area contributed by atoms with E-state index in [2.05, 4.69) is 15.2 Å². The average Bonchev–Trinajstić information content (AvgIpc) is 3.36. The van der Waals surface area contributed by atoms with Crippen LogP contribution in [0.4, 0.5) is 11.6 Å². The van der Waals surface area contributed by atoms with Gasteiger partial charge in [0.1, 0.15) is 20.5 Å². The zero-order chi connectivity index (χ0) is 22.8. The summed E-state index contributed by atoms with van der Waals surface area (Å²) in [6.45, 7) is 1.16. The van der Waals surface area contributed by atoms with Gasteiger partial charge >= 0.3 is 0 Å². The summed E-state index contributed by atoms with van der Waals surface area (Å²) in [5.41, 5.74) is 0.908. The number of aromatic nitrogens is 1. The van der Waals surface area contributed by atoms with Crippen LogP contribution in [0.15, 0.2) is 33.0 Å². The van der Waals surface area contributed by atoms with Crippen LogP contribution in [0.2, 0.25) is 5.02 Å². The molecule has 3 N–H and O–H groups in total. The lowest BCUT2D eigenvalue weighted by Gasteiger charge is -2.14. The maximum absolute atomic E-state index is 12.9. The van der Waals surface area contributed by atoms with E-state index in [0.29, 0.717) is 22.8 Å². The minimum Gasteiger partial charge on any atom is -0.493 e. The molecule has 10 nitrogen and oxygen atoms in total. The van der Waals surface area contributed by atoms with Crippen molar-refractivity contribution in [3.8, 4) is 11.5 Å². The summed E-state index contributed by atoms with van der Waals surface area (Å²) >= 11 is 6.89. The molecule has 0 atom stereocenters. The van der Waals surface area contributed by atoms with E-state index in [0.717, 1.165) is 11.3 Å². The Morgan fingerprint density at radius 2 is 1.97 bits per heavy atom. The predicted molar refractivity (Wildman–Crippen MR) is 115 cm³/mol. The Morgan fingerprint density at radius 3 is 2.55 bits per heavy atom. The lowest BCUT2D eigenvalue weighted by Crippen LogP contribution is -2.19. The Labute approximate surface area is 186 Å². The van der Waals surface area contributed by atoms with Crippen LogP contribution in [0.25, 0.3) is 0 Å². The van der Waals surface area contributed by atoms with Gasteiger partial charge in [-0.3, -0.25) is 4.79 Å². The molecule has 3 rings (SSSR count). The van der Waals surface area contributed by atoms with Crippen LogP contribution in [0.5, 0.6) is 11.5 Å². The highest BCUT2D eigenvalue weighted by molar-refractivity contribution is 7.93. The molecule has 0 aliphatic heterocycles. The van der Waals surface area contributed by atoms with Crippen molar-refractivity contribution in [2.24, 2.45) is 0 Å². The number of sulfonamides is 1. The molecular weight excluding hydrogens is 470 g/mol. The van der Waals surface area contributed by atoms with Gasteiger partial charge in [-0.25, -0.2) is 13.1 Å². The molecule has 166 valence electrons. The molecule has 1 aromatic carbocycles. The number of hydrogen-bond donors (Lipinski definition) is 3. The van der Waals surface area contributed by atoms with Crippen molar-refractivity contribution in [1.82, 2.24) is 5.16 Å². The molecule has 0 radical (unpaired) electrons. The number of aryl methyl sites for hydroxylation is 1. The maximum Gasteiger partial charge on any atom is 0.267 e. The van der Waals surface area contributed by atoms with Crippen LogP contribution in [0, 0.1) is 6.92 Å². The van der Waals surface area contributed by atoms with Crippen molar-refractivity contribution in [2.45, 2.75) is 18.4 Å². The monoisotopic (exact) mass is 487 g/mol. The highest BCUT2D eigenvalue weighted by Crippen LogP contribution is 2.35. The van der Waals surface area contributed by atoms with Crippen molar-refractivity contribution in [3.63, 3.8) is 0 Å². The van der Waals surface area contributed by atoms with Crippen LogP contribution in [0.1, 0.15) is 20.9 Å². The number of aliphatic hydroxyl groups is 1. The van der Waals surface area contributed by atoms with E-state index >= 15 is 0 Å². The minimum atomic E-state index is -4.20. The third kappa shape index (κ3) is 4.61. The van der Waals surface area contributed by atoms with Gasteiger partial charge in [-0.1, -0.05) is 16.8 Å². The molecule has 2 heterocycles. The van der Waals surface area contributed by atoms with Gasteiger partial charge in [0.05, 0.1) is 26.5 Å². The van der Waals surface area contributed by atoms with Crippen molar-refractivity contribution < 1.29 is 32.3 Å². The van der Waals surface area contributed by atoms with E-state index in [1.54, 1.807) is 6.92 Å². The van der Waals surface area contributed by atoms with Crippen molar-refractivity contribution >= 4 is 50.4 Å². The third-order valence-electron chi connectivity index (χ3n) is 4.17. The molecule has 0 bridgehead atoms. The first-order chi connectivity index (χ1) is 14.7. The fraction of sp³-hybridized carbons (Fsp3) is 0.222. The molecule has 3 aromatic rings. The number of halogens is 1. The van der Waals surface area contributed by atoms with Gasteiger partial charge in [0.2, 0.25) is 0 Å². The Bertz CT molecular complexity index is 1220. The minimum absolute atomic E-state index is 0.0164. The Hall–Kier alpha value is -2.80. The zero-order valence-corrected chi connectivity index (χ0v) is 18.9. The number of nitrogens with one attached hydrogen (secondary N) is 2. The van der Waals surface area contributed by atoms with Crippen molar-refractivity contribution in [1.29, 1.82) is 0 Å². The standard InChI is InChI=1S/C18H18ClN3O7S2/c1-9-15(19)18(29-21-9)22-31(25,26)14-4-5-30-16(14)17(24)20-11-7-13(28-3)12(27-2)6-10(11)8-23/h4-7,22-23H,8H2,1-3H3,(H,20,24). The largest absolute Gasteiger partial charge is 0.493 e. The predicted octanol–water partition coefficient (Wildman–Crippen LogP) is 3.26. The molecule has 13 heteroatoms. The Kier molecular flexibility index (Phi) is 6.74. The zero-order valence-electron chi connectivity index (χ0n) is 16.6. The van der Waals surface area contributed by atoms with E-state index in [4.69, 9.17) is 25.6 Å². The van der Waals surface area contributed by atoms with Gasteiger partial charge in [0.15, 0.2) is 11.5 Å². The molecule has 1 amide bonds. The summed E-state index contributed by atoms with van der Waals surface area (Å²) in [5.74, 6) is -0.255. The number of rotatable bonds is 8. The number of aliphatic hydroxyl groups excluding tert-OH is 1. The van der Waals surface area contributed by atoms with Crippen LogP contribution < -0.4 is 19.5 Å². The highest BCUT2D eigenvalue weighted by atomic mass is 35.5. The number of hydrogen-bond acceptors (Lipinski definition) is 9. The fourth-order valence-corrected chi connectivity index (χ4v) is 5.11. The summed E-state index contributed by atoms with van der Waals surface area (Å²) in [6.07, 6.45) is 0. The van der Waals surface area contributed by atoms with Gasteiger partial charge in [-0.15, -0.1) is 11.3 Å². The first-order valence-electron chi connectivity index (χ1n) is 8.61. The van der Waals surface area contributed by atoms with E-state index in [1.165, 1.54) is 37.8 Å². The van der Waals surface area contributed by atoms with Gasteiger partial charge in [-0.2, -0.15) is 0 Å². The number of methoxy groups -OCH3 is 2. The SMILES string of the molecule is COc1cc(CO)c(NC(=O)c2sccc2S(=O)(=O)Nc2onc(C)c2Cl)cc1OC. The first kappa shape index (κ1) is 22.9. The highest BCUT2D eigenvalue weighted by Gasteiger charge is 2.27. The van der Waals surface area contributed by atoms with E-state index < -0.39 is 22.5 Å². The van der Waals surface area contributed by atoms with E-state index in [-0.39, 0.29) is 26.4 Å². The lowest BCUT2D eigenvalue weighted by atomic mass is 10.1. The maximum atomic E-state index is 12.9. The Morgan fingerprint density at radius 1 is 1.29 bits per heavy atom. The topological polar surface area (TPSA) is 140 Å². The van der Waals surface area contributed by atoms with Crippen LogP contribution in [-0.4, -0.2) is 38.8 Å². The van der Waals surface area contributed by atoms with E-state index in [1.807, 2.05) is 0 Å². The first-order valence-corrected chi connectivity index (χ1v) is 11.3. The molecule has 31 heavy (non-hydrogen) atoms. The summed E-state index contributed by atoms with van der Waals surface area (Å²) in [6, 6.07) is 4.26. The van der Waals surface area contributed by atoms with Crippen LogP contribution >= 0.6 is 22.9 Å². The quantitative estimate of drug-likeness (QED) is 0.439. The molecule has 0 saturated heterocycles. The van der Waals surface area contributed by atoms with Crippen molar-refractivity contribution in [2.75, 3.05) is 24.3 Å². The van der Waals surface area contributed by atoms with Gasteiger partial charge in [0.25, 0.3) is 21.8 Å². The van der Waals surface area contributed by atoms with Crippen LogP contribution in [-0.2, 0) is 16.6 Å². The molecule has 2 aromatic heterocycles. The Balaban J connectivity index is 1.92. The van der Waals surface area contributed by atoms with Gasteiger partial charge < -0.3 is 24.4 Å². The van der Waals surface area contributed by atoms with Crippen molar-refractivity contribution in [3.05, 3.63) is 44.7 Å². The average molecular weight is 488 g/mol. The van der Waals surface area contributed by atoms with E-state index in [9.17, 15) is 18.3 Å². The lowest BCUT2D eigenvalue weighted by molar-refractivity contribution is 0.102. The summed E-state index contributed by atoms with van der Waals surface area (Å²) < 4.78 is 43.1. The normalized spacial score (nSPS) is 11.3. The summed E-state index contributed by atoms with van der Waals surface area (Å²) in [5, 5.41) is 17.3. The number of carbonyl (C=O) groups excluding carboxylic acids is 1. The van der Waals surface area contributed by atoms with Crippen LogP contribution in [0.3, 0.4) is 0 Å². The summed E-state index contributed by atoms with van der Waals surface area (Å²) in [7, 11) is -1.33. The number of carbonyl (C=O) groups is 1. The number of ether oxygens (including phenoxy) is 2. The number of benzene rings is 1. The molecular formula is C18H18ClN3O7S2. The van der Waals surface area contributed by atoms with Gasteiger partial charge in [-0.05, 0) is 24.4 Å².